The van der Waals surface area contributed by atoms with Crippen LogP contribution in [-0.4, -0.2) is 106 Å². The van der Waals surface area contributed by atoms with E-state index in [0.717, 1.165) is 59.3 Å². The van der Waals surface area contributed by atoms with Crippen LogP contribution in [0.4, 0.5) is 0 Å². The molecule has 1 aliphatic rings. The van der Waals surface area contributed by atoms with Gasteiger partial charge in [-0.25, -0.2) is 0 Å². The molecule has 0 aliphatic carbocycles. The van der Waals surface area contributed by atoms with E-state index in [0.29, 0.717) is 13.2 Å². The summed E-state index contributed by atoms with van der Waals surface area (Å²) < 4.78 is 22.7. The Hall–Kier alpha value is -1.31. The number of rotatable bonds is 18. The molecule has 11 nitrogen and oxygen atoms in total. The minimum absolute atomic E-state index is 0.138. The van der Waals surface area contributed by atoms with Crippen molar-refractivity contribution in [1.29, 1.82) is 0 Å². The number of unbranched alkanes of at least 4 members (excludes halogenated alkanes) is 4. The first kappa shape index (κ1) is 32.7. The van der Waals surface area contributed by atoms with E-state index in [-0.39, 0.29) is 13.2 Å². The summed E-state index contributed by atoms with van der Waals surface area (Å²) in [6.45, 7) is 6.40. The topological polar surface area (TPSA) is 169 Å². The zero-order valence-corrected chi connectivity index (χ0v) is 22.2. The lowest BCUT2D eigenvalue weighted by molar-refractivity contribution is -0.370. The lowest BCUT2D eigenvalue weighted by Crippen LogP contribution is -2.86. The van der Waals surface area contributed by atoms with Gasteiger partial charge in [-0.2, -0.15) is 0 Å². The van der Waals surface area contributed by atoms with Gasteiger partial charge in [0, 0.05) is 13.2 Å². The van der Waals surface area contributed by atoms with Crippen LogP contribution in [0.1, 0.15) is 73.1 Å². The highest BCUT2D eigenvalue weighted by Crippen LogP contribution is 2.46. The molecule has 0 spiro atoms. The van der Waals surface area contributed by atoms with Gasteiger partial charge in [-0.3, -0.25) is 14.4 Å². The van der Waals surface area contributed by atoms with Gasteiger partial charge in [0.1, 0.15) is 12.2 Å². The first-order valence-corrected chi connectivity index (χ1v) is 12.7. The Bertz CT molecular complexity index is 729. The maximum Gasteiger partial charge on any atom is 0.213 e. The third-order valence-corrected chi connectivity index (χ3v) is 6.68. The Balaban J connectivity index is 3.23. The zero-order valence-electron chi connectivity index (χ0n) is 22.2. The van der Waals surface area contributed by atoms with Gasteiger partial charge < -0.3 is 39.4 Å². The summed E-state index contributed by atoms with van der Waals surface area (Å²) in [4.78, 5) is 37.7. The van der Waals surface area contributed by atoms with Crippen molar-refractivity contribution < 1.29 is 53.8 Å². The maximum absolute atomic E-state index is 12.7. The molecule has 1 saturated heterocycles. The SMILES string of the molecule is CCCCCOCC(CO[C@H]1O[C@H](CO)[C@](O)(C(C)=O)[C@@](O)(C(C)=O)[C@]1(O)C(C)=O)OCCCCC. The molecule has 1 rings (SSSR count). The Morgan fingerprint density at radius 3 is 1.86 bits per heavy atom. The molecule has 1 aliphatic heterocycles. The average Bonchev–Trinajstić information content (AvgIpc) is 2.83. The normalized spacial score (nSPS) is 31.2. The molecule has 11 heteroatoms. The van der Waals surface area contributed by atoms with Crippen LogP contribution in [0.3, 0.4) is 0 Å². The van der Waals surface area contributed by atoms with Gasteiger partial charge >= 0.3 is 0 Å². The quantitative estimate of drug-likeness (QED) is 0.185. The summed E-state index contributed by atoms with van der Waals surface area (Å²) in [6.07, 6.45) is 1.11. The first-order valence-electron chi connectivity index (χ1n) is 12.7. The summed E-state index contributed by atoms with van der Waals surface area (Å²) in [7, 11) is 0. The minimum Gasteiger partial charge on any atom is -0.394 e. The number of aliphatic hydroxyl groups is 4. The number of carbonyl (C=O) groups excluding carboxylic acids is 3. The van der Waals surface area contributed by atoms with Crippen LogP contribution in [0.15, 0.2) is 0 Å². The molecule has 0 aromatic heterocycles. The number of ether oxygens (including phenoxy) is 4. The van der Waals surface area contributed by atoms with E-state index in [1.165, 1.54) is 0 Å². The van der Waals surface area contributed by atoms with Crippen molar-refractivity contribution in [2.45, 2.75) is 108 Å². The summed E-state index contributed by atoms with van der Waals surface area (Å²) in [5.41, 5.74) is -9.64. The van der Waals surface area contributed by atoms with E-state index in [4.69, 9.17) is 18.9 Å². The molecule has 1 unspecified atom stereocenters. The highest BCUT2D eigenvalue weighted by Gasteiger charge is 2.78. The summed E-state index contributed by atoms with van der Waals surface area (Å²) in [5.74, 6) is -3.65. The zero-order chi connectivity index (χ0) is 27.6. The fourth-order valence-corrected chi connectivity index (χ4v) is 4.42. The third-order valence-electron chi connectivity index (χ3n) is 6.68. The average molecular weight is 521 g/mol. The van der Waals surface area contributed by atoms with Gasteiger partial charge in [0.15, 0.2) is 29.2 Å². The third kappa shape index (κ3) is 6.57. The molecule has 36 heavy (non-hydrogen) atoms. The second kappa shape index (κ2) is 14.6. The maximum atomic E-state index is 12.7. The Labute approximate surface area is 213 Å². The van der Waals surface area contributed by atoms with Gasteiger partial charge in [0.25, 0.3) is 0 Å². The van der Waals surface area contributed by atoms with Crippen molar-refractivity contribution in [1.82, 2.24) is 0 Å². The number of carbonyl (C=O) groups is 3. The highest BCUT2D eigenvalue weighted by molar-refractivity contribution is 6.05. The van der Waals surface area contributed by atoms with Crippen molar-refractivity contribution >= 4 is 17.3 Å². The van der Waals surface area contributed by atoms with Gasteiger partial charge in [0.05, 0.1) is 19.8 Å². The van der Waals surface area contributed by atoms with Gasteiger partial charge in [0.2, 0.25) is 11.2 Å². The van der Waals surface area contributed by atoms with Crippen molar-refractivity contribution in [2.75, 3.05) is 33.0 Å². The largest absolute Gasteiger partial charge is 0.394 e. The Kier molecular flexibility index (Phi) is 13.3. The molecule has 1 heterocycles. The molecule has 4 N–H and O–H groups in total. The molecule has 0 aromatic carbocycles. The van der Waals surface area contributed by atoms with Crippen molar-refractivity contribution in [3.63, 3.8) is 0 Å². The number of hydrogen-bond acceptors (Lipinski definition) is 11. The lowest BCUT2D eigenvalue weighted by atomic mass is 9.61. The lowest BCUT2D eigenvalue weighted by Gasteiger charge is -2.57. The molecule has 0 saturated carbocycles. The van der Waals surface area contributed by atoms with E-state index in [1.807, 2.05) is 0 Å². The van der Waals surface area contributed by atoms with Crippen LogP contribution in [0.2, 0.25) is 0 Å². The van der Waals surface area contributed by atoms with Crippen LogP contribution >= 0.6 is 0 Å². The second-order valence-corrected chi connectivity index (χ2v) is 9.37. The number of aliphatic hydroxyl groups excluding tert-OH is 1. The molecular formula is C25H44O11. The van der Waals surface area contributed by atoms with E-state index >= 15 is 0 Å². The first-order chi connectivity index (χ1) is 16.9. The van der Waals surface area contributed by atoms with Gasteiger partial charge in [-0.05, 0) is 33.6 Å². The molecular weight excluding hydrogens is 476 g/mol. The molecule has 0 bridgehead atoms. The standard InChI is InChI=1S/C25H44O11/c1-6-8-10-12-33-15-20(34-13-11-9-7-2)16-35-22-24(31,18(4)28)25(32,19(5)29)23(30,17(3)27)21(14-26)36-22/h20-22,26,30-32H,6-16H2,1-5H3/t20?,21-,22+,23-,24+,25+/m1/s1. The summed E-state index contributed by atoms with van der Waals surface area (Å²) in [6, 6.07) is 0. The fourth-order valence-electron chi connectivity index (χ4n) is 4.42. The van der Waals surface area contributed by atoms with E-state index < -0.39 is 59.3 Å². The molecule has 0 radical (unpaired) electrons. The van der Waals surface area contributed by atoms with E-state index in [9.17, 15) is 34.8 Å². The predicted octanol–water partition coefficient (Wildman–Crippen LogP) is 0.463. The smallest absolute Gasteiger partial charge is 0.213 e. The van der Waals surface area contributed by atoms with Gasteiger partial charge in [-0.1, -0.05) is 39.5 Å². The van der Waals surface area contributed by atoms with Crippen LogP contribution in [-0.2, 0) is 33.3 Å². The number of Topliss-reactive ketones (excluding diaryl/α,β-unsaturated/α-hetero) is 3. The number of ketones is 3. The molecule has 0 aromatic rings. The predicted molar refractivity (Wildman–Crippen MR) is 128 cm³/mol. The Morgan fingerprint density at radius 2 is 1.39 bits per heavy atom. The van der Waals surface area contributed by atoms with Crippen molar-refractivity contribution in [3.8, 4) is 0 Å². The second-order valence-electron chi connectivity index (χ2n) is 9.37. The monoisotopic (exact) mass is 520 g/mol. The van der Waals surface area contributed by atoms with E-state index in [1.54, 1.807) is 0 Å². The number of hydrogen-bond donors (Lipinski definition) is 4. The van der Waals surface area contributed by atoms with Crippen molar-refractivity contribution in [2.24, 2.45) is 0 Å². The van der Waals surface area contributed by atoms with Crippen LogP contribution < -0.4 is 0 Å². The van der Waals surface area contributed by atoms with E-state index in [2.05, 4.69) is 13.8 Å². The fraction of sp³-hybridized carbons (Fsp3) is 0.880. The Morgan fingerprint density at radius 1 is 0.833 bits per heavy atom. The summed E-state index contributed by atoms with van der Waals surface area (Å²) in [5, 5.41) is 43.7. The summed E-state index contributed by atoms with van der Waals surface area (Å²) >= 11 is 0. The molecule has 210 valence electrons. The van der Waals surface area contributed by atoms with Gasteiger partial charge in [-0.15, -0.1) is 0 Å². The molecule has 1 fully saturated rings. The van der Waals surface area contributed by atoms with Crippen molar-refractivity contribution in [3.05, 3.63) is 0 Å². The van der Waals surface area contributed by atoms with Crippen LogP contribution in [0, 0.1) is 0 Å². The minimum atomic E-state index is -3.36. The van der Waals surface area contributed by atoms with Crippen LogP contribution in [0.25, 0.3) is 0 Å². The molecule has 0 amide bonds. The highest BCUT2D eigenvalue weighted by atomic mass is 16.7. The molecule has 6 atom stereocenters. The van der Waals surface area contributed by atoms with Crippen LogP contribution in [0.5, 0.6) is 0 Å².